The molecule has 0 spiro atoms. The molecule has 1 nitrogen and oxygen atoms in total. The number of benzene rings is 6. The molecule has 0 N–H and O–H groups in total. The molecule has 0 heterocycles. The number of rotatable bonds is 6. The second-order valence-corrected chi connectivity index (χ2v) is 9.93. The summed E-state index contributed by atoms with van der Waals surface area (Å²) in [4.78, 5) is 0. The van der Waals surface area contributed by atoms with Crippen LogP contribution in [0.25, 0.3) is 67.4 Å². The first kappa shape index (κ1) is 24.5. The summed E-state index contributed by atoms with van der Waals surface area (Å²) >= 11 is 0. The molecule has 6 rings (SSSR count). The zero-order valence-electron chi connectivity index (χ0n) is 22.5. The molecule has 0 saturated heterocycles. The van der Waals surface area contributed by atoms with E-state index in [1.807, 2.05) is 24.3 Å². The lowest BCUT2D eigenvalue weighted by molar-refractivity contribution is 0.486. The summed E-state index contributed by atoms with van der Waals surface area (Å²) in [5, 5.41) is 8.85. The van der Waals surface area contributed by atoms with E-state index in [4.69, 9.17) is 4.74 Å². The predicted molar refractivity (Wildman–Crippen MR) is 173 cm³/mol. The molecule has 0 aromatic heterocycles. The Labute approximate surface area is 229 Å². The van der Waals surface area contributed by atoms with Crippen LogP contribution < -0.4 is 4.74 Å². The molecule has 0 atom stereocenters. The Morgan fingerprint density at radius 3 is 1.10 bits per heavy atom. The van der Waals surface area contributed by atoms with Crippen molar-refractivity contribution in [2.24, 2.45) is 0 Å². The average Bonchev–Trinajstić information content (AvgIpc) is 2.97. The highest BCUT2D eigenvalue weighted by molar-refractivity contribution is 6.16. The maximum Gasteiger partial charge on any atom is 0.138 e. The highest BCUT2D eigenvalue weighted by atomic mass is 16.5. The molecule has 0 unspecified atom stereocenters. The Morgan fingerprint density at radius 2 is 0.769 bits per heavy atom. The van der Waals surface area contributed by atoms with Crippen LogP contribution >= 0.6 is 0 Å². The molecule has 0 aliphatic carbocycles. The molecule has 39 heavy (non-hydrogen) atoms. The van der Waals surface area contributed by atoms with Gasteiger partial charge in [0.15, 0.2) is 0 Å². The smallest absolute Gasteiger partial charge is 0.138 e. The highest BCUT2D eigenvalue weighted by Gasteiger charge is 2.21. The van der Waals surface area contributed by atoms with E-state index in [2.05, 4.69) is 113 Å². The summed E-state index contributed by atoms with van der Waals surface area (Å²) in [7, 11) is 0. The SMILES string of the molecule is C=Cc1c2ccccc2c(C=C)c2c(Oc3c(C)ccc4c(C=C)c5ccccc5c(C=C)c34)c(C)ccc12. The normalized spacial score (nSPS) is 11.2. The maximum atomic E-state index is 7.08. The summed E-state index contributed by atoms with van der Waals surface area (Å²) in [6.45, 7) is 20.9. The van der Waals surface area contributed by atoms with Gasteiger partial charge >= 0.3 is 0 Å². The predicted octanol–water partition coefficient (Wildman–Crippen LogP) is 11.3. The van der Waals surface area contributed by atoms with E-state index in [-0.39, 0.29) is 0 Å². The fourth-order valence-corrected chi connectivity index (χ4v) is 6.05. The molecule has 6 aromatic rings. The number of hydrogen-bond acceptors (Lipinski definition) is 1. The van der Waals surface area contributed by atoms with Gasteiger partial charge in [-0.1, -0.05) is 123 Å². The first-order chi connectivity index (χ1) is 19.0. The van der Waals surface area contributed by atoms with Crippen LogP contribution in [-0.4, -0.2) is 0 Å². The molecule has 0 amide bonds. The summed E-state index contributed by atoms with van der Waals surface area (Å²) in [5.74, 6) is 1.66. The van der Waals surface area contributed by atoms with Gasteiger partial charge in [-0.3, -0.25) is 0 Å². The number of hydrogen-bond donors (Lipinski definition) is 0. The minimum absolute atomic E-state index is 0.829. The third-order valence-corrected chi connectivity index (χ3v) is 7.86. The standard InChI is InChI=1S/C38H30O/c1-7-25-29-15-11-13-17-31(29)27(9-3)35-33(25)21-19-23(5)37(35)39-38-24(6)20-22-34-26(8-2)30-16-12-14-18-32(30)28(10-4)36(34)38/h7-22H,1-4H2,5-6H3. The summed E-state index contributed by atoms with van der Waals surface area (Å²) < 4.78 is 7.08. The monoisotopic (exact) mass is 502 g/mol. The Balaban J connectivity index is 1.77. The van der Waals surface area contributed by atoms with Crippen molar-refractivity contribution in [1.82, 2.24) is 0 Å². The Kier molecular flexibility index (Phi) is 5.93. The van der Waals surface area contributed by atoms with Gasteiger partial charge in [0.1, 0.15) is 11.5 Å². The maximum absolute atomic E-state index is 7.08. The molecular formula is C38H30O. The van der Waals surface area contributed by atoms with Crippen molar-refractivity contribution in [2.45, 2.75) is 13.8 Å². The van der Waals surface area contributed by atoms with Gasteiger partial charge in [-0.05, 0) is 79.5 Å². The lowest BCUT2D eigenvalue weighted by Crippen LogP contribution is -1.98. The van der Waals surface area contributed by atoms with Gasteiger partial charge in [-0.25, -0.2) is 0 Å². The van der Waals surface area contributed by atoms with Gasteiger partial charge in [-0.2, -0.15) is 0 Å². The fraction of sp³-hybridized carbons (Fsp3) is 0.0526. The summed E-state index contributed by atoms with van der Waals surface area (Å²) in [6, 6.07) is 25.4. The van der Waals surface area contributed by atoms with Gasteiger partial charge < -0.3 is 4.74 Å². The van der Waals surface area contributed by atoms with E-state index in [0.29, 0.717) is 0 Å². The van der Waals surface area contributed by atoms with Crippen molar-refractivity contribution in [1.29, 1.82) is 0 Å². The zero-order chi connectivity index (χ0) is 27.3. The molecule has 6 aromatic carbocycles. The van der Waals surface area contributed by atoms with Gasteiger partial charge in [-0.15, -0.1) is 0 Å². The third-order valence-electron chi connectivity index (χ3n) is 7.86. The average molecular weight is 503 g/mol. The lowest BCUT2D eigenvalue weighted by Gasteiger charge is -2.22. The molecule has 0 radical (unpaired) electrons. The van der Waals surface area contributed by atoms with Crippen LogP contribution in [0.3, 0.4) is 0 Å². The van der Waals surface area contributed by atoms with Gasteiger partial charge in [0.05, 0.1) is 0 Å². The largest absolute Gasteiger partial charge is 0.455 e. The second kappa shape index (κ2) is 9.45. The van der Waals surface area contributed by atoms with E-state index in [0.717, 1.165) is 88.0 Å². The number of fused-ring (bicyclic) bond motifs is 4. The van der Waals surface area contributed by atoms with E-state index >= 15 is 0 Å². The second-order valence-electron chi connectivity index (χ2n) is 9.93. The molecule has 0 bridgehead atoms. The van der Waals surface area contributed by atoms with E-state index in [1.165, 1.54) is 0 Å². The topological polar surface area (TPSA) is 9.23 Å². The molecule has 0 aliphatic heterocycles. The van der Waals surface area contributed by atoms with Gasteiger partial charge in [0, 0.05) is 10.8 Å². The summed E-state index contributed by atoms with van der Waals surface area (Å²) in [6.07, 6.45) is 7.77. The Morgan fingerprint density at radius 1 is 0.436 bits per heavy atom. The van der Waals surface area contributed by atoms with E-state index in [1.54, 1.807) is 0 Å². The lowest BCUT2D eigenvalue weighted by atomic mass is 9.89. The zero-order valence-corrected chi connectivity index (χ0v) is 22.5. The van der Waals surface area contributed by atoms with Crippen molar-refractivity contribution in [3.63, 3.8) is 0 Å². The minimum Gasteiger partial charge on any atom is -0.455 e. The van der Waals surface area contributed by atoms with Crippen molar-refractivity contribution in [3.05, 3.63) is 132 Å². The van der Waals surface area contributed by atoms with Crippen LogP contribution in [0.2, 0.25) is 0 Å². The van der Waals surface area contributed by atoms with Gasteiger partial charge in [0.2, 0.25) is 0 Å². The highest BCUT2D eigenvalue weighted by Crippen LogP contribution is 2.46. The van der Waals surface area contributed by atoms with Gasteiger partial charge in [0.25, 0.3) is 0 Å². The minimum atomic E-state index is 0.829. The first-order valence-corrected chi connectivity index (χ1v) is 13.2. The Bertz CT molecular complexity index is 1870. The van der Waals surface area contributed by atoms with Crippen LogP contribution in [-0.2, 0) is 0 Å². The quantitative estimate of drug-likeness (QED) is 0.206. The van der Waals surface area contributed by atoms with Crippen molar-refractivity contribution in [3.8, 4) is 11.5 Å². The van der Waals surface area contributed by atoms with E-state index < -0.39 is 0 Å². The molecule has 0 fully saturated rings. The van der Waals surface area contributed by atoms with Crippen molar-refractivity contribution >= 4 is 67.4 Å². The first-order valence-electron chi connectivity index (χ1n) is 13.2. The van der Waals surface area contributed by atoms with Crippen LogP contribution in [0.5, 0.6) is 11.5 Å². The molecule has 1 heteroatoms. The fourth-order valence-electron chi connectivity index (χ4n) is 6.05. The summed E-state index contributed by atoms with van der Waals surface area (Å²) in [5.41, 5.74) is 6.41. The molecule has 0 saturated carbocycles. The molecule has 188 valence electrons. The van der Waals surface area contributed by atoms with Crippen molar-refractivity contribution < 1.29 is 4.74 Å². The van der Waals surface area contributed by atoms with Crippen LogP contribution in [0.1, 0.15) is 33.4 Å². The molecular weight excluding hydrogens is 472 g/mol. The van der Waals surface area contributed by atoms with Crippen molar-refractivity contribution in [2.75, 3.05) is 0 Å². The molecule has 0 aliphatic rings. The van der Waals surface area contributed by atoms with Crippen LogP contribution in [0.15, 0.2) is 99.1 Å². The number of aryl methyl sites for hydroxylation is 2. The van der Waals surface area contributed by atoms with Crippen LogP contribution in [0, 0.1) is 13.8 Å². The number of ether oxygens (including phenoxy) is 1. The Hall–Kier alpha value is -4.88. The van der Waals surface area contributed by atoms with E-state index in [9.17, 15) is 0 Å². The third kappa shape index (κ3) is 3.55. The van der Waals surface area contributed by atoms with Crippen LogP contribution in [0.4, 0.5) is 0 Å².